The Balaban J connectivity index is 1.45. The lowest BCUT2D eigenvalue weighted by Crippen LogP contribution is -2.48. The molecule has 1 aromatic heterocycles. The van der Waals surface area contributed by atoms with Crippen LogP contribution >= 0.6 is 11.3 Å². The summed E-state index contributed by atoms with van der Waals surface area (Å²) in [4.78, 5) is 15.5. The van der Waals surface area contributed by atoms with Crippen molar-refractivity contribution in [1.29, 1.82) is 0 Å². The maximum Gasteiger partial charge on any atom is 0.252 e. The standard InChI is InChI=1S/C22H29N3O4S2/c26-22(19-8-4-10-25(16-19)31(27,28)21-9-5-15-30-21)23-20(18-6-2-1-3-7-18)17-24-11-13-29-14-12-24/h1-3,5-7,9,15,19-20H,4,8,10-14,16-17H2,(H,23,26)/t19-,20-/m1/s1. The zero-order chi connectivity index (χ0) is 21.7. The molecule has 31 heavy (non-hydrogen) atoms. The van der Waals surface area contributed by atoms with Gasteiger partial charge in [-0.25, -0.2) is 8.42 Å². The number of thiophene rings is 1. The van der Waals surface area contributed by atoms with E-state index in [4.69, 9.17) is 4.74 Å². The molecule has 2 aromatic rings. The minimum Gasteiger partial charge on any atom is -0.379 e. The van der Waals surface area contributed by atoms with E-state index in [0.29, 0.717) is 43.4 Å². The molecule has 0 bridgehead atoms. The summed E-state index contributed by atoms with van der Waals surface area (Å²) in [6.07, 6.45) is 1.38. The predicted molar refractivity (Wildman–Crippen MR) is 120 cm³/mol. The number of sulfonamides is 1. The summed E-state index contributed by atoms with van der Waals surface area (Å²) in [7, 11) is -3.54. The molecular weight excluding hydrogens is 434 g/mol. The van der Waals surface area contributed by atoms with Crippen molar-refractivity contribution in [2.45, 2.75) is 23.1 Å². The van der Waals surface area contributed by atoms with Crippen molar-refractivity contribution >= 4 is 27.3 Å². The van der Waals surface area contributed by atoms with E-state index in [1.807, 2.05) is 30.3 Å². The maximum atomic E-state index is 13.2. The van der Waals surface area contributed by atoms with Crippen LogP contribution in [0.15, 0.2) is 52.1 Å². The molecule has 0 aliphatic carbocycles. The number of carbonyl (C=O) groups excluding carboxylic acids is 1. The van der Waals surface area contributed by atoms with Crippen LogP contribution in [0.5, 0.6) is 0 Å². The Kier molecular flexibility index (Phi) is 7.39. The first kappa shape index (κ1) is 22.4. The molecule has 2 aliphatic rings. The van der Waals surface area contributed by atoms with Gasteiger partial charge in [0.25, 0.3) is 10.0 Å². The lowest BCUT2D eigenvalue weighted by Gasteiger charge is -2.34. The average Bonchev–Trinajstić information content (AvgIpc) is 3.36. The zero-order valence-electron chi connectivity index (χ0n) is 17.5. The van der Waals surface area contributed by atoms with Gasteiger partial charge in [0.1, 0.15) is 4.21 Å². The summed E-state index contributed by atoms with van der Waals surface area (Å²) in [5.41, 5.74) is 1.06. The van der Waals surface area contributed by atoms with Gasteiger partial charge in [0.15, 0.2) is 0 Å². The molecule has 2 aliphatic heterocycles. The molecule has 2 atom stereocenters. The van der Waals surface area contributed by atoms with Gasteiger partial charge in [0, 0.05) is 32.7 Å². The second kappa shape index (κ2) is 10.2. The van der Waals surface area contributed by atoms with Crippen molar-refractivity contribution in [1.82, 2.24) is 14.5 Å². The fourth-order valence-electron chi connectivity index (χ4n) is 4.16. The van der Waals surface area contributed by atoms with E-state index in [2.05, 4.69) is 10.2 Å². The van der Waals surface area contributed by atoms with Crippen molar-refractivity contribution in [2.24, 2.45) is 5.92 Å². The topological polar surface area (TPSA) is 79.0 Å². The van der Waals surface area contributed by atoms with Crippen LogP contribution in [0.1, 0.15) is 24.4 Å². The van der Waals surface area contributed by atoms with Crippen LogP contribution in [0.2, 0.25) is 0 Å². The van der Waals surface area contributed by atoms with Crippen LogP contribution < -0.4 is 5.32 Å². The minimum atomic E-state index is -3.54. The molecule has 1 amide bonds. The number of ether oxygens (including phenoxy) is 1. The number of morpholine rings is 1. The lowest BCUT2D eigenvalue weighted by atomic mass is 9.97. The van der Waals surface area contributed by atoms with Crippen molar-refractivity contribution in [3.8, 4) is 0 Å². The molecule has 3 heterocycles. The first-order valence-electron chi connectivity index (χ1n) is 10.7. The van der Waals surface area contributed by atoms with Gasteiger partial charge in [-0.15, -0.1) is 11.3 Å². The number of amides is 1. The van der Waals surface area contributed by atoms with E-state index < -0.39 is 10.0 Å². The van der Waals surface area contributed by atoms with Gasteiger partial charge in [-0.2, -0.15) is 4.31 Å². The molecule has 2 saturated heterocycles. The summed E-state index contributed by atoms with van der Waals surface area (Å²) in [5.74, 6) is -0.424. The van der Waals surface area contributed by atoms with Crippen molar-refractivity contribution in [3.63, 3.8) is 0 Å². The molecule has 0 unspecified atom stereocenters. The van der Waals surface area contributed by atoms with Crippen LogP contribution in [0.4, 0.5) is 0 Å². The average molecular weight is 464 g/mol. The summed E-state index contributed by atoms with van der Waals surface area (Å²) >= 11 is 1.21. The molecule has 7 nitrogen and oxygen atoms in total. The molecule has 0 spiro atoms. The van der Waals surface area contributed by atoms with Crippen molar-refractivity contribution in [2.75, 3.05) is 45.9 Å². The lowest BCUT2D eigenvalue weighted by molar-refractivity contribution is -0.127. The monoisotopic (exact) mass is 463 g/mol. The Bertz CT molecular complexity index is 944. The van der Waals surface area contributed by atoms with Crippen LogP contribution in [-0.4, -0.2) is 69.5 Å². The molecule has 0 saturated carbocycles. The number of hydrogen-bond acceptors (Lipinski definition) is 6. The van der Waals surface area contributed by atoms with Gasteiger partial charge < -0.3 is 10.1 Å². The molecule has 9 heteroatoms. The number of rotatable bonds is 7. The molecular formula is C22H29N3O4S2. The first-order chi connectivity index (χ1) is 15.0. The number of piperidine rings is 1. The maximum absolute atomic E-state index is 13.2. The van der Waals surface area contributed by atoms with Gasteiger partial charge in [0.05, 0.1) is 25.2 Å². The Morgan fingerprint density at radius 2 is 1.90 bits per heavy atom. The minimum absolute atomic E-state index is 0.0757. The molecule has 4 rings (SSSR count). The molecule has 1 N–H and O–H groups in total. The zero-order valence-corrected chi connectivity index (χ0v) is 19.1. The fourth-order valence-corrected chi connectivity index (χ4v) is 6.83. The Morgan fingerprint density at radius 3 is 2.61 bits per heavy atom. The molecule has 2 fully saturated rings. The Labute approximate surface area is 188 Å². The van der Waals surface area contributed by atoms with Crippen LogP contribution in [0.3, 0.4) is 0 Å². The summed E-state index contributed by atoms with van der Waals surface area (Å²) < 4.78 is 33.1. The molecule has 0 radical (unpaired) electrons. The van der Waals surface area contributed by atoms with Gasteiger partial charge in [-0.1, -0.05) is 36.4 Å². The van der Waals surface area contributed by atoms with Gasteiger partial charge >= 0.3 is 0 Å². The number of nitrogens with zero attached hydrogens (tertiary/aromatic N) is 2. The number of hydrogen-bond donors (Lipinski definition) is 1. The van der Waals surface area contributed by atoms with E-state index in [1.54, 1.807) is 17.5 Å². The van der Waals surface area contributed by atoms with Crippen LogP contribution in [0.25, 0.3) is 0 Å². The molecule has 168 valence electrons. The van der Waals surface area contributed by atoms with E-state index >= 15 is 0 Å². The third-order valence-corrected chi connectivity index (χ3v) is 9.15. The van der Waals surface area contributed by atoms with Crippen molar-refractivity contribution < 1.29 is 17.9 Å². The first-order valence-corrected chi connectivity index (χ1v) is 13.0. The second-order valence-electron chi connectivity index (χ2n) is 8.02. The van der Waals surface area contributed by atoms with E-state index in [-0.39, 0.29) is 24.4 Å². The number of nitrogens with one attached hydrogen (secondary N) is 1. The largest absolute Gasteiger partial charge is 0.379 e. The van der Waals surface area contributed by atoms with E-state index in [0.717, 1.165) is 18.7 Å². The van der Waals surface area contributed by atoms with Crippen molar-refractivity contribution in [3.05, 3.63) is 53.4 Å². The molecule has 1 aromatic carbocycles. The summed E-state index contributed by atoms with van der Waals surface area (Å²) in [6, 6.07) is 13.2. The SMILES string of the molecule is O=C(N[C@H](CN1CCOCC1)c1ccccc1)[C@@H]1CCCN(S(=O)(=O)c2cccs2)C1. The Morgan fingerprint density at radius 1 is 1.13 bits per heavy atom. The van der Waals surface area contributed by atoms with Gasteiger partial charge in [0.2, 0.25) is 5.91 Å². The van der Waals surface area contributed by atoms with Gasteiger partial charge in [-0.3, -0.25) is 9.69 Å². The third kappa shape index (κ3) is 5.53. The van der Waals surface area contributed by atoms with Crippen LogP contribution in [0, 0.1) is 5.92 Å². The smallest absolute Gasteiger partial charge is 0.252 e. The summed E-state index contributed by atoms with van der Waals surface area (Å²) in [5, 5.41) is 4.98. The highest BCUT2D eigenvalue weighted by Crippen LogP contribution is 2.27. The van der Waals surface area contributed by atoms with Crippen LogP contribution in [-0.2, 0) is 19.6 Å². The highest BCUT2D eigenvalue weighted by molar-refractivity contribution is 7.91. The van der Waals surface area contributed by atoms with Gasteiger partial charge in [-0.05, 0) is 29.9 Å². The normalized spacial score (nSPS) is 22.1. The van der Waals surface area contributed by atoms with E-state index in [1.165, 1.54) is 15.6 Å². The number of benzene rings is 1. The summed E-state index contributed by atoms with van der Waals surface area (Å²) in [6.45, 7) is 4.49. The second-order valence-corrected chi connectivity index (χ2v) is 11.1. The van der Waals surface area contributed by atoms with E-state index in [9.17, 15) is 13.2 Å². The number of carbonyl (C=O) groups is 1. The predicted octanol–water partition coefficient (Wildman–Crippen LogP) is 2.34. The highest BCUT2D eigenvalue weighted by Gasteiger charge is 2.34. The quantitative estimate of drug-likeness (QED) is 0.682. The fraction of sp³-hybridized carbons (Fsp3) is 0.500. The third-order valence-electron chi connectivity index (χ3n) is 5.91. The Hall–Kier alpha value is -1.78. The highest BCUT2D eigenvalue weighted by atomic mass is 32.2.